The van der Waals surface area contributed by atoms with Crippen LogP contribution in [0.5, 0.6) is 0 Å². The second-order valence-corrected chi connectivity index (χ2v) is 5.97. The molecule has 0 heterocycles. The third-order valence-electron chi connectivity index (χ3n) is 3.46. The van der Waals surface area contributed by atoms with E-state index in [1.165, 1.54) is 4.90 Å². The molecule has 0 bridgehead atoms. The highest BCUT2D eigenvalue weighted by Crippen LogP contribution is 2.16. The Balaban J connectivity index is 4.78. The zero-order valence-electron chi connectivity index (χ0n) is 13.0. The van der Waals surface area contributed by atoms with Gasteiger partial charge >= 0.3 is 12.0 Å². The molecule has 0 rings (SSSR count). The highest BCUT2D eigenvalue weighted by Gasteiger charge is 2.29. The molecule has 2 N–H and O–H groups in total. The smallest absolute Gasteiger partial charge is 0.323 e. The highest BCUT2D eigenvalue weighted by molar-refractivity contribution is 5.81. The van der Waals surface area contributed by atoms with E-state index in [4.69, 9.17) is 5.11 Å². The van der Waals surface area contributed by atoms with Crippen LogP contribution in [0.1, 0.15) is 54.4 Å². The normalized spacial score (nSPS) is 13.2. The molecule has 0 aliphatic rings. The maximum absolute atomic E-state index is 12.2. The molecule has 0 spiro atoms. The first-order valence-electron chi connectivity index (χ1n) is 6.93. The maximum Gasteiger partial charge on any atom is 0.323 e. The van der Waals surface area contributed by atoms with Crippen molar-refractivity contribution in [1.29, 1.82) is 0 Å². The summed E-state index contributed by atoms with van der Waals surface area (Å²) < 4.78 is 0. The Labute approximate surface area is 116 Å². The number of rotatable bonds is 6. The van der Waals surface area contributed by atoms with Gasteiger partial charge in [0.15, 0.2) is 0 Å². The molecule has 0 fully saturated rings. The molecule has 0 saturated heterocycles. The van der Waals surface area contributed by atoms with Crippen molar-refractivity contribution >= 4 is 12.0 Å². The van der Waals surface area contributed by atoms with Gasteiger partial charge in [-0.2, -0.15) is 0 Å². The summed E-state index contributed by atoms with van der Waals surface area (Å²) in [6, 6.07) is -0.268. The fraction of sp³-hybridized carbons (Fsp3) is 0.857. The number of urea groups is 1. The maximum atomic E-state index is 12.2. The number of carbonyl (C=O) groups is 2. The summed E-state index contributed by atoms with van der Waals surface area (Å²) in [4.78, 5) is 24.5. The summed E-state index contributed by atoms with van der Waals surface area (Å²) in [6.45, 7) is 11.4. The van der Waals surface area contributed by atoms with Gasteiger partial charge in [-0.05, 0) is 33.6 Å². The Hall–Kier alpha value is -1.26. The molecule has 5 nitrogen and oxygen atoms in total. The van der Waals surface area contributed by atoms with Crippen molar-refractivity contribution < 1.29 is 14.7 Å². The van der Waals surface area contributed by atoms with Gasteiger partial charge in [0.25, 0.3) is 0 Å². The van der Waals surface area contributed by atoms with Crippen molar-refractivity contribution in [2.24, 2.45) is 5.92 Å². The average Bonchev–Trinajstić information content (AvgIpc) is 2.25. The number of amides is 2. The topological polar surface area (TPSA) is 69.6 Å². The van der Waals surface area contributed by atoms with Crippen LogP contribution in [0.25, 0.3) is 0 Å². The van der Waals surface area contributed by atoms with Crippen LogP contribution in [0.4, 0.5) is 4.79 Å². The molecule has 0 aromatic carbocycles. The number of nitrogens with zero attached hydrogens (tertiary/aromatic N) is 1. The van der Waals surface area contributed by atoms with E-state index in [2.05, 4.69) is 19.2 Å². The van der Waals surface area contributed by atoms with Crippen LogP contribution in [0.15, 0.2) is 0 Å². The molecule has 0 aliphatic carbocycles. The second kappa shape index (κ2) is 7.36. The lowest BCUT2D eigenvalue weighted by molar-refractivity contribution is -0.138. The summed E-state index contributed by atoms with van der Waals surface area (Å²) in [7, 11) is 0. The molecular weight excluding hydrogens is 244 g/mol. The third-order valence-corrected chi connectivity index (χ3v) is 3.46. The highest BCUT2D eigenvalue weighted by atomic mass is 16.4. The van der Waals surface area contributed by atoms with E-state index in [-0.39, 0.29) is 18.6 Å². The van der Waals surface area contributed by atoms with E-state index < -0.39 is 11.5 Å². The van der Waals surface area contributed by atoms with Gasteiger partial charge in [-0.15, -0.1) is 0 Å². The predicted molar refractivity (Wildman–Crippen MR) is 76.2 cm³/mol. The van der Waals surface area contributed by atoms with E-state index >= 15 is 0 Å². The van der Waals surface area contributed by atoms with Crippen LogP contribution < -0.4 is 5.32 Å². The molecule has 0 aromatic rings. The summed E-state index contributed by atoms with van der Waals surface area (Å²) in [5.41, 5.74) is -0.518. The molecule has 1 atom stereocenters. The van der Waals surface area contributed by atoms with Crippen LogP contribution in [0.2, 0.25) is 0 Å². The monoisotopic (exact) mass is 272 g/mol. The molecule has 0 radical (unpaired) electrons. The van der Waals surface area contributed by atoms with E-state index in [0.717, 1.165) is 12.8 Å². The standard InChI is InChI=1S/C14H28N2O3/c1-7-11(8-2)10(3)15-13(19)16(9-12(17)18)14(4,5)6/h10-11H,7-9H2,1-6H3,(H,15,19)(H,17,18). The van der Waals surface area contributed by atoms with E-state index in [9.17, 15) is 9.59 Å². The number of nitrogens with one attached hydrogen (secondary N) is 1. The van der Waals surface area contributed by atoms with Gasteiger partial charge in [-0.1, -0.05) is 26.7 Å². The van der Waals surface area contributed by atoms with Crippen molar-refractivity contribution in [3.8, 4) is 0 Å². The first-order chi connectivity index (χ1) is 8.63. The minimum Gasteiger partial charge on any atom is -0.480 e. The molecule has 19 heavy (non-hydrogen) atoms. The van der Waals surface area contributed by atoms with Crippen LogP contribution >= 0.6 is 0 Å². The van der Waals surface area contributed by atoms with E-state index in [0.29, 0.717) is 5.92 Å². The Bertz CT molecular complexity index is 306. The first kappa shape index (κ1) is 17.7. The van der Waals surface area contributed by atoms with Gasteiger partial charge in [-0.3, -0.25) is 4.79 Å². The van der Waals surface area contributed by atoms with Crippen LogP contribution in [0.3, 0.4) is 0 Å². The Morgan fingerprint density at radius 3 is 2.00 bits per heavy atom. The molecule has 0 saturated carbocycles. The SMILES string of the molecule is CCC(CC)C(C)NC(=O)N(CC(=O)O)C(C)(C)C. The third kappa shape index (κ3) is 5.94. The van der Waals surface area contributed by atoms with Crippen molar-refractivity contribution in [3.05, 3.63) is 0 Å². The average molecular weight is 272 g/mol. The van der Waals surface area contributed by atoms with Gasteiger partial charge in [-0.25, -0.2) is 4.79 Å². The van der Waals surface area contributed by atoms with Gasteiger partial charge in [0, 0.05) is 11.6 Å². The minimum absolute atomic E-state index is 0.0427. The summed E-state index contributed by atoms with van der Waals surface area (Å²) in [5.74, 6) is -0.587. The zero-order chi connectivity index (χ0) is 15.2. The Kier molecular flexibility index (Phi) is 6.87. The molecule has 5 heteroatoms. The fourth-order valence-corrected chi connectivity index (χ4v) is 2.14. The Morgan fingerprint density at radius 2 is 1.68 bits per heavy atom. The number of aliphatic carboxylic acids is 1. The number of hydrogen-bond donors (Lipinski definition) is 2. The lowest BCUT2D eigenvalue weighted by Crippen LogP contribution is -2.54. The Morgan fingerprint density at radius 1 is 1.21 bits per heavy atom. The van der Waals surface area contributed by atoms with Crippen molar-refractivity contribution in [2.45, 2.75) is 66.0 Å². The van der Waals surface area contributed by atoms with E-state index in [1.54, 1.807) is 0 Å². The molecule has 112 valence electrons. The quantitative estimate of drug-likeness (QED) is 0.781. The summed E-state index contributed by atoms with van der Waals surface area (Å²) in [6.07, 6.45) is 1.98. The fourth-order valence-electron chi connectivity index (χ4n) is 2.14. The van der Waals surface area contributed by atoms with E-state index in [1.807, 2.05) is 27.7 Å². The van der Waals surface area contributed by atoms with Crippen molar-refractivity contribution in [1.82, 2.24) is 10.2 Å². The molecular formula is C14H28N2O3. The van der Waals surface area contributed by atoms with Crippen LogP contribution in [0, 0.1) is 5.92 Å². The predicted octanol–water partition coefficient (Wildman–Crippen LogP) is 2.71. The number of carboxylic acids is 1. The number of carboxylic acid groups (broad SMARTS) is 1. The lowest BCUT2D eigenvalue weighted by Gasteiger charge is -2.36. The zero-order valence-corrected chi connectivity index (χ0v) is 13.0. The summed E-state index contributed by atoms with van der Waals surface area (Å²) in [5, 5.41) is 11.8. The lowest BCUT2D eigenvalue weighted by atomic mass is 9.95. The minimum atomic E-state index is -1.000. The number of hydrogen-bond acceptors (Lipinski definition) is 2. The molecule has 0 aliphatic heterocycles. The largest absolute Gasteiger partial charge is 0.480 e. The van der Waals surface area contributed by atoms with Crippen molar-refractivity contribution in [2.75, 3.05) is 6.54 Å². The van der Waals surface area contributed by atoms with Crippen LogP contribution in [-0.2, 0) is 4.79 Å². The van der Waals surface area contributed by atoms with Crippen molar-refractivity contribution in [3.63, 3.8) is 0 Å². The van der Waals surface area contributed by atoms with Gasteiger partial charge in [0.1, 0.15) is 6.54 Å². The second-order valence-electron chi connectivity index (χ2n) is 5.97. The van der Waals surface area contributed by atoms with Gasteiger partial charge in [0.05, 0.1) is 0 Å². The number of carbonyl (C=O) groups excluding carboxylic acids is 1. The van der Waals surface area contributed by atoms with Crippen LogP contribution in [-0.4, -0.2) is 40.1 Å². The molecule has 1 unspecified atom stereocenters. The molecule has 2 amide bonds. The first-order valence-corrected chi connectivity index (χ1v) is 6.93. The van der Waals surface area contributed by atoms with Gasteiger partial charge < -0.3 is 15.3 Å². The van der Waals surface area contributed by atoms with Gasteiger partial charge in [0.2, 0.25) is 0 Å². The molecule has 0 aromatic heterocycles. The summed E-state index contributed by atoms with van der Waals surface area (Å²) >= 11 is 0.